The number of anilines is 3. The number of rotatable bonds is 8. The van der Waals surface area contributed by atoms with Gasteiger partial charge in [0.15, 0.2) is 0 Å². The van der Waals surface area contributed by atoms with E-state index in [9.17, 15) is 10.1 Å². The van der Waals surface area contributed by atoms with Crippen molar-refractivity contribution in [2.45, 2.75) is 18.8 Å². The number of hydrogen-bond donors (Lipinski definition) is 2. The number of non-ortho nitro benzene ring substituents is 1. The van der Waals surface area contributed by atoms with Gasteiger partial charge >= 0.3 is 0 Å². The lowest BCUT2D eigenvalue weighted by atomic mass is 10.2. The maximum Gasteiger partial charge on any atom is 0.269 e. The highest BCUT2D eigenvalue weighted by Gasteiger charge is 2.26. The molecule has 25 heavy (non-hydrogen) atoms. The van der Waals surface area contributed by atoms with Gasteiger partial charge in [-0.05, 0) is 39.1 Å². The molecule has 2 N–H and O–H groups in total. The molecule has 0 aliphatic heterocycles. The molecule has 1 aliphatic rings. The number of hydrogen-bond acceptors (Lipinski definition) is 7. The molecule has 0 spiro atoms. The summed E-state index contributed by atoms with van der Waals surface area (Å²) in [5.74, 6) is 1.81. The Balaban J connectivity index is 1.74. The molecule has 1 aromatic carbocycles. The predicted octanol–water partition coefficient (Wildman–Crippen LogP) is 2.98. The van der Waals surface area contributed by atoms with Gasteiger partial charge in [-0.25, -0.2) is 4.98 Å². The Morgan fingerprint density at radius 3 is 2.56 bits per heavy atom. The minimum atomic E-state index is -0.410. The van der Waals surface area contributed by atoms with Crippen LogP contribution in [0.15, 0.2) is 30.3 Å². The SMILES string of the molecule is CN(C)CCNc1nc(Nc2ccc([N+](=O)[O-])cc2)cc(C2CC2)n1. The zero-order chi connectivity index (χ0) is 17.8. The molecule has 2 aromatic rings. The fraction of sp³-hybridized carbons (Fsp3) is 0.412. The summed E-state index contributed by atoms with van der Waals surface area (Å²) in [6.45, 7) is 1.65. The molecule has 1 fully saturated rings. The monoisotopic (exact) mass is 342 g/mol. The van der Waals surface area contributed by atoms with Crippen LogP contribution in [0, 0.1) is 10.1 Å². The third kappa shape index (κ3) is 4.87. The summed E-state index contributed by atoms with van der Waals surface area (Å²) < 4.78 is 0. The molecule has 132 valence electrons. The highest BCUT2D eigenvalue weighted by Crippen LogP contribution is 2.40. The Morgan fingerprint density at radius 2 is 1.96 bits per heavy atom. The van der Waals surface area contributed by atoms with Gasteiger partial charge in [0.05, 0.1) is 10.6 Å². The quantitative estimate of drug-likeness (QED) is 0.562. The Hall–Kier alpha value is -2.74. The van der Waals surface area contributed by atoms with E-state index in [1.165, 1.54) is 12.1 Å². The second kappa shape index (κ2) is 7.43. The Bertz CT molecular complexity index is 743. The van der Waals surface area contributed by atoms with E-state index in [-0.39, 0.29) is 5.69 Å². The first-order valence-corrected chi connectivity index (χ1v) is 8.30. The second-order valence-corrected chi connectivity index (χ2v) is 6.43. The molecule has 0 amide bonds. The van der Waals surface area contributed by atoms with E-state index in [2.05, 4.69) is 25.5 Å². The third-order valence-corrected chi connectivity index (χ3v) is 3.93. The van der Waals surface area contributed by atoms with E-state index in [0.717, 1.165) is 37.3 Å². The van der Waals surface area contributed by atoms with Crippen molar-refractivity contribution in [3.05, 3.63) is 46.1 Å². The van der Waals surface area contributed by atoms with Gasteiger partial charge in [-0.3, -0.25) is 10.1 Å². The zero-order valence-electron chi connectivity index (χ0n) is 14.4. The lowest BCUT2D eigenvalue weighted by molar-refractivity contribution is -0.384. The van der Waals surface area contributed by atoms with Gasteiger partial charge in [0.2, 0.25) is 5.95 Å². The van der Waals surface area contributed by atoms with Gasteiger partial charge < -0.3 is 15.5 Å². The van der Waals surface area contributed by atoms with Crippen molar-refractivity contribution in [3.63, 3.8) is 0 Å². The molecule has 1 aliphatic carbocycles. The van der Waals surface area contributed by atoms with Crippen LogP contribution >= 0.6 is 0 Å². The summed E-state index contributed by atoms with van der Waals surface area (Å²) >= 11 is 0. The molecule has 1 heterocycles. The average molecular weight is 342 g/mol. The highest BCUT2D eigenvalue weighted by molar-refractivity contribution is 5.59. The lowest BCUT2D eigenvalue weighted by Gasteiger charge is -2.13. The predicted molar refractivity (Wildman–Crippen MR) is 97.4 cm³/mol. The van der Waals surface area contributed by atoms with Crippen LogP contribution in [0.2, 0.25) is 0 Å². The number of nitro benzene ring substituents is 1. The first-order valence-electron chi connectivity index (χ1n) is 8.30. The Labute approximate surface area is 146 Å². The molecule has 0 radical (unpaired) electrons. The highest BCUT2D eigenvalue weighted by atomic mass is 16.6. The number of nitrogens with zero attached hydrogens (tertiary/aromatic N) is 4. The maximum absolute atomic E-state index is 10.7. The fourth-order valence-electron chi connectivity index (χ4n) is 2.40. The molecule has 0 unspecified atom stereocenters. The summed E-state index contributed by atoms with van der Waals surface area (Å²) in [6.07, 6.45) is 2.32. The van der Waals surface area contributed by atoms with Crippen LogP contribution in [0.25, 0.3) is 0 Å². The van der Waals surface area contributed by atoms with E-state index in [1.54, 1.807) is 12.1 Å². The zero-order valence-corrected chi connectivity index (χ0v) is 14.4. The van der Waals surface area contributed by atoms with Crippen LogP contribution in [0.3, 0.4) is 0 Å². The number of nitrogens with one attached hydrogen (secondary N) is 2. The summed E-state index contributed by atoms with van der Waals surface area (Å²) in [5.41, 5.74) is 1.86. The number of aromatic nitrogens is 2. The molecule has 1 aromatic heterocycles. The molecular formula is C17H22N6O2. The van der Waals surface area contributed by atoms with Gasteiger partial charge in [0, 0.05) is 42.9 Å². The van der Waals surface area contributed by atoms with Crippen LogP contribution in [0.4, 0.5) is 23.1 Å². The first-order chi connectivity index (χ1) is 12.0. The van der Waals surface area contributed by atoms with E-state index >= 15 is 0 Å². The Kier molecular flexibility index (Phi) is 5.08. The standard InChI is InChI=1S/C17H22N6O2/c1-22(2)10-9-18-17-20-15(12-3-4-12)11-16(21-17)19-13-5-7-14(8-6-13)23(24)25/h5-8,11-12H,3-4,9-10H2,1-2H3,(H2,18,19,20,21). The van der Waals surface area contributed by atoms with Crippen LogP contribution in [0.1, 0.15) is 24.5 Å². The van der Waals surface area contributed by atoms with Crippen LogP contribution in [0.5, 0.6) is 0 Å². The van der Waals surface area contributed by atoms with Crippen molar-refractivity contribution in [1.82, 2.24) is 14.9 Å². The van der Waals surface area contributed by atoms with Crippen molar-refractivity contribution in [2.24, 2.45) is 0 Å². The second-order valence-electron chi connectivity index (χ2n) is 6.43. The van der Waals surface area contributed by atoms with E-state index in [0.29, 0.717) is 17.7 Å². The summed E-state index contributed by atoms with van der Waals surface area (Å²) in [5, 5.41) is 17.2. The summed E-state index contributed by atoms with van der Waals surface area (Å²) in [7, 11) is 4.04. The van der Waals surface area contributed by atoms with Crippen LogP contribution < -0.4 is 10.6 Å². The van der Waals surface area contributed by atoms with Crippen molar-refractivity contribution in [2.75, 3.05) is 37.8 Å². The molecule has 0 bridgehead atoms. The van der Waals surface area contributed by atoms with E-state index in [1.807, 2.05) is 20.2 Å². The minimum Gasteiger partial charge on any atom is -0.353 e. The van der Waals surface area contributed by atoms with Crippen LogP contribution in [-0.4, -0.2) is 47.0 Å². The number of likely N-dealkylation sites (N-methyl/N-ethyl adjacent to an activating group) is 1. The summed E-state index contributed by atoms with van der Waals surface area (Å²) in [6, 6.07) is 8.26. The smallest absolute Gasteiger partial charge is 0.269 e. The maximum atomic E-state index is 10.7. The Morgan fingerprint density at radius 1 is 1.24 bits per heavy atom. The minimum absolute atomic E-state index is 0.0675. The largest absolute Gasteiger partial charge is 0.353 e. The van der Waals surface area contributed by atoms with Gasteiger partial charge in [0.25, 0.3) is 5.69 Å². The van der Waals surface area contributed by atoms with Gasteiger partial charge in [0.1, 0.15) is 5.82 Å². The molecule has 0 saturated heterocycles. The summed E-state index contributed by atoms with van der Waals surface area (Å²) in [4.78, 5) is 21.5. The topological polar surface area (TPSA) is 96.2 Å². The third-order valence-electron chi connectivity index (χ3n) is 3.93. The van der Waals surface area contributed by atoms with Crippen molar-refractivity contribution >= 4 is 23.1 Å². The average Bonchev–Trinajstić information content (AvgIpc) is 3.40. The van der Waals surface area contributed by atoms with E-state index in [4.69, 9.17) is 0 Å². The molecule has 3 rings (SSSR count). The fourth-order valence-corrected chi connectivity index (χ4v) is 2.40. The molecule has 1 saturated carbocycles. The van der Waals surface area contributed by atoms with Gasteiger partial charge in [-0.1, -0.05) is 0 Å². The molecule has 0 atom stereocenters. The molecular weight excluding hydrogens is 320 g/mol. The molecule has 8 nitrogen and oxygen atoms in total. The van der Waals surface area contributed by atoms with E-state index < -0.39 is 4.92 Å². The first kappa shape index (κ1) is 17.1. The van der Waals surface area contributed by atoms with Gasteiger partial charge in [-0.2, -0.15) is 4.98 Å². The van der Waals surface area contributed by atoms with Crippen molar-refractivity contribution < 1.29 is 4.92 Å². The van der Waals surface area contributed by atoms with Gasteiger partial charge in [-0.15, -0.1) is 0 Å². The number of benzene rings is 1. The van der Waals surface area contributed by atoms with Crippen LogP contribution in [-0.2, 0) is 0 Å². The normalized spacial score (nSPS) is 13.7. The van der Waals surface area contributed by atoms with Crippen molar-refractivity contribution in [3.8, 4) is 0 Å². The lowest BCUT2D eigenvalue weighted by Crippen LogP contribution is -2.21. The number of nitro groups is 1. The molecule has 8 heteroatoms. The van der Waals surface area contributed by atoms with Crippen molar-refractivity contribution in [1.29, 1.82) is 0 Å².